The largest absolute Gasteiger partial charge is 0.390 e. The number of rotatable bonds is 2. The summed E-state index contributed by atoms with van der Waals surface area (Å²) < 4.78 is 0. The van der Waals surface area contributed by atoms with Crippen molar-refractivity contribution in [2.45, 2.75) is 31.8 Å². The summed E-state index contributed by atoms with van der Waals surface area (Å²) >= 11 is 11.3. The molecule has 4 heteroatoms. The predicted molar refractivity (Wildman–Crippen MR) is 60.7 cm³/mol. The van der Waals surface area contributed by atoms with Gasteiger partial charge in [0.2, 0.25) is 0 Å². The van der Waals surface area contributed by atoms with Crippen LogP contribution >= 0.6 is 23.2 Å². The van der Waals surface area contributed by atoms with Crippen molar-refractivity contribution in [1.82, 2.24) is 4.90 Å². The first kappa shape index (κ1) is 12.3. The zero-order chi connectivity index (χ0) is 10.6. The van der Waals surface area contributed by atoms with Gasteiger partial charge in [0.1, 0.15) is 0 Å². The molecule has 0 radical (unpaired) electrons. The number of hydrogen-bond acceptors (Lipinski definition) is 2. The SMILES string of the molecule is CC1(O)CCCN(CC(Cl)=CCl)CC1. The van der Waals surface area contributed by atoms with Gasteiger partial charge in [-0.05, 0) is 32.7 Å². The second-order valence-electron chi connectivity index (χ2n) is 4.18. The number of halogens is 2. The van der Waals surface area contributed by atoms with E-state index in [2.05, 4.69) is 4.90 Å². The lowest BCUT2D eigenvalue weighted by Gasteiger charge is -2.21. The molecule has 1 atom stereocenters. The molecule has 1 rings (SSSR count). The van der Waals surface area contributed by atoms with Crippen LogP contribution in [0, 0.1) is 0 Å². The van der Waals surface area contributed by atoms with E-state index in [1.807, 2.05) is 6.92 Å². The van der Waals surface area contributed by atoms with Gasteiger partial charge in [0, 0.05) is 23.7 Å². The highest BCUT2D eigenvalue weighted by Crippen LogP contribution is 2.22. The first-order valence-corrected chi connectivity index (χ1v) is 5.74. The lowest BCUT2D eigenvalue weighted by Crippen LogP contribution is -2.29. The van der Waals surface area contributed by atoms with Crippen molar-refractivity contribution in [1.29, 1.82) is 0 Å². The average molecular weight is 238 g/mol. The van der Waals surface area contributed by atoms with E-state index in [9.17, 15) is 5.11 Å². The monoisotopic (exact) mass is 237 g/mol. The molecule has 1 aliphatic rings. The van der Waals surface area contributed by atoms with E-state index in [1.54, 1.807) is 0 Å². The van der Waals surface area contributed by atoms with Gasteiger partial charge < -0.3 is 5.11 Å². The highest BCUT2D eigenvalue weighted by atomic mass is 35.5. The topological polar surface area (TPSA) is 23.5 Å². The van der Waals surface area contributed by atoms with Crippen molar-refractivity contribution in [2.24, 2.45) is 0 Å². The van der Waals surface area contributed by atoms with Crippen molar-refractivity contribution < 1.29 is 5.11 Å². The van der Waals surface area contributed by atoms with Gasteiger partial charge in [-0.15, -0.1) is 0 Å². The van der Waals surface area contributed by atoms with Crippen LogP contribution in [-0.4, -0.2) is 35.2 Å². The molecule has 0 aromatic carbocycles. The molecule has 0 aromatic heterocycles. The fraction of sp³-hybridized carbons (Fsp3) is 0.800. The maximum absolute atomic E-state index is 9.86. The standard InChI is InChI=1S/C10H17Cl2NO/c1-10(14)3-2-5-13(6-4-10)8-9(12)7-11/h7,14H,2-6,8H2,1H3. The highest BCUT2D eigenvalue weighted by Gasteiger charge is 2.24. The summed E-state index contributed by atoms with van der Waals surface area (Å²) in [5.74, 6) is 0. The molecule has 0 aromatic rings. The van der Waals surface area contributed by atoms with Crippen LogP contribution in [-0.2, 0) is 0 Å². The normalized spacial score (nSPS) is 31.6. The van der Waals surface area contributed by atoms with E-state index < -0.39 is 5.60 Å². The van der Waals surface area contributed by atoms with Crippen LogP contribution in [0.25, 0.3) is 0 Å². The van der Waals surface area contributed by atoms with Gasteiger partial charge in [-0.3, -0.25) is 4.90 Å². The van der Waals surface area contributed by atoms with Gasteiger partial charge in [0.05, 0.1) is 5.60 Å². The molecule has 1 N–H and O–H groups in total. The second kappa shape index (κ2) is 5.36. The molecule has 1 fully saturated rings. The first-order valence-electron chi connectivity index (χ1n) is 4.93. The minimum Gasteiger partial charge on any atom is -0.390 e. The maximum Gasteiger partial charge on any atom is 0.0632 e. The third-order valence-electron chi connectivity index (χ3n) is 2.65. The Morgan fingerprint density at radius 2 is 2.21 bits per heavy atom. The highest BCUT2D eigenvalue weighted by molar-refractivity contribution is 6.36. The first-order chi connectivity index (χ1) is 6.53. The van der Waals surface area contributed by atoms with E-state index in [-0.39, 0.29) is 0 Å². The Balaban J connectivity index is 2.42. The molecule has 2 nitrogen and oxygen atoms in total. The molecule has 0 spiro atoms. The summed E-state index contributed by atoms with van der Waals surface area (Å²) in [5, 5.41) is 10.5. The number of likely N-dealkylation sites (tertiary alicyclic amines) is 1. The molecule has 82 valence electrons. The van der Waals surface area contributed by atoms with E-state index in [0.29, 0.717) is 11.6 Å². The Labute approximate surface area is 95.5 Å². The van der Waals surface area contributed by atoms with Crippen LogP contribution in [0.3, 0.4) is 0 Å². The summed E-state index contributed by atoms with van der Waals surface area (Å²) in [7, 11) is 0. The molecule has 0 amide bonds. The smallest absolute Gasteiger partial charge is 0.0632 e. The fourth-order valence-electron chi connectivity index (χ4n) is 1.73. The van der Waals surface area contributed by atoms with Crippen molar-refractivity contribution >= 4 is 23.2 Å². The molecule has 0 aliphatic carbocycles. The maximum atomic E-state index is 9.86. The van der Waals surface area contributed by atoms with Gasteiger partial charge in [-0.25, -0.2) is 0 Å². The minimum absolute atomic E-state index is 0.508. The number of nitrogens with zero attached hydrogens (tertiary/aromatic N) is 1. The van der Waals surface area contributed by atoms with Gasteiger partial charge >= 0.3 is 0 Å². The number of aliphatic hydroxyl groups is 1. The van der Waals surface area contributed by atoms with Crippen LogP contribution in [0.4, 0.5) is 0 Å². The molecule has 0 saturated carbocycles. The molecule has 14 heavy (non-hydrogen) atoms. The summed E-state index contributed by atoms with van der Waals surface area (Å²) in [6.45, 7) is 4.46. The molecular formula is C10H17Cl2NO. The Bertz CT molecular complexity index is 216. The van der Waals surface area contributed by atoms with Crippen LogP contribution < -0.4 is 0 Å². The summed E-state index contributed by atoms with van der Waals surface area (Å²) in [6, 6.07) is 0. The van der Waals surface area contributed by atoms with Gasteiger partial charge in [0.15, 0.2) is 0 Å². The summed E-state index contributed by atoms with van der Waals surface area (Å²) in [4.78, 5) is 2.22. The molecule has 1 heterocycles. The van der Waals surface area contributed by atoms with Crippen molar-refractivity contribution in [3.05, 3.63) is 10.6 Å². The minimum atomic E-state index is -0.508. The van der Waals surface area contributed by atoms with E-state index in [1.165, 1.54) is 5.54 Å². The molecule has 1 unspecified atom stereocenters. The summed E-state index contributed by atoms with van der Waals surface area (Å²) in [5.41, 5.74) is 0.899. The fourth-order valence-corrected chi connectivity index (χ4v) is 1.96. The Kier molecular flexibility index (Phi) is 4.71. The molecule has 1 saturated heterocycles. The third-order valence-corrected chi connectivity index (χ3v) is 3.25. The van der Waals surface area contributed by atoms with E-state index in [4.69, 9.17) is 23.2 Å². The molecular weight excluding hydrogens is 221 g/mol. The van der Waals surface area contributed by atoms with E-state index >= 15 is 0 Å². The summed E-state index contributed by atoms with van der Waals surface area (Å²) in [6.07, 6.45) is 2.69. The van der Waals surface area contributed by atoms with Crippen LogP contribution in [0.1, 0.15) is 26.2 Å². The second-order valence-corrected chi connectivity index (χ2v) is 4.89. The molecule has 0 bridgehead atoms. The van der Waals surface area contributed by atoms with Crippen LogP contribution in [0.2, 0.25) is 0 Å². The number of hydrogen-bond donors (Lipinski definition) is 1. The van der Waals surface area contributed by atoms with E-state index in [0.717, 1.165) is 32.4 Å². The van der Waals surface area contributed by atoms with Crippen molar-refractivity contribution in [3.8, 4) is 0 Å². The van der Waals surface area contributed by atoms with Crippen LogP contribution in [0.5, 0.6) is 0 Å². The van der Waals surface area contributed by atoms with Gasteiger partial charge in [-0.2, -0.15) is 0 Å². The average Bonchev–Trinajstić information content (AvgIpc) is 2.28. The Morgan fingerprint density at radius 3 is 2.86 bits per heavy atom. The Morgan fingerprint density at radius 1 is 1.50 bits per heavy atom. The lowest BCUT2D eigenvalue weighted by molar-refractivity contribution is 0.0450. The van der Waals surface area contributed by atoms with Crippen molar-refractivity contribution in [2.75, 3.05) is 19.6 Å². The predicted octanol–water partition coefficient (Wildman–Crippen LogP) is 2.54. The molecule has 1 aliphatic heterocycles. The Hall–Kier alpha value is 0.240. The van der Waals surface area contributed by atoms with Gasteiger partial charge in [-0.1, -0.05) is 23.2 Å². The lowest BCUT2D eigenvalue weighted by atomic mass is 9.98. The zero-order valence-corrected chi connectivity index (χ0v) is 9.98. The zero-order valence-electron chi connectivity index (χ0n) is 8.47. The van der Waals surface area contributed by atoms with Gasteiger partial charge in [0.25, 0.3) is 0 Å². The van der Waals surface area contributed by atoms with Crippen molar-refractivity contribution in [3.63, 3.8) is 0 Å². The third kappa shape index (κ3) is 4.18. The quantitative estimate of drug-likeness (QED) is 0.799. The van der Waals surface area contributed by atoms with Crippen LogP contribution in [0.15, 0.2) is 10.6 Å².